The predicted molar refractivity (Wildman–Crippen MR) is 165 cm³/mol. The Hall–Kier alpha value is -4.61. The number of fused-ring (bicyclic) bond motifs is 3. The Morgan fingerprint density at radius 3 is 2.30 bits per heavy atom. The van der Waals surface area contributed by atoms with Gasteiger partial charge in [0.1, 0.15) is 25.3 Å². The first kappa shape index (κ1) is 27.0. The lowest BCUT2D eigenvalue weighted by atomic mass is 10.1. The minimum absolute atomic E-state index is 0.0889. The highest BCUT2D eigenvalue weighted by Gasteiger charge is 2.27. The summed E-state index contributed by atoms with van der Waals surface area (Å²) in [5.74, 6) is 4.81. The fourth-order valence-electron chi connectivity index (χ4n) is 6.07. The number of pyridine rings is 1. The molecule has 8 rings (SSSR count). The summed E-state index contributed by atoms with van der Waals surface area (Å²) in [5, 5.41) is 0.915. The van der Waals surface area contributed by atoms with E-state index in [1.807, 2.05) is 42.5 Å². The van der Waals surface area contributed by atoms with Gasteiger partial charge in [0.2, 0.25) is 5.95 Å². The molecule has 4 aliphatic heterocycles. The van der Waals surface area contributed by atoms with Gasteiger partial charge in [-0.2, -0.15) is 9.97 Å². The molecule has 0 spiro atoms. The summed E-state index contributed by atoms with van der Waals surface area (Å²) in [5.41, 5.74) is 3.17. The van der Waals surface area contributed by atoms with Gasteiger partial charge in [-0.1, -0.05) is 0 Å². The number of rotatable bonds is 4. The van der Waals surface area contributed by atoms with E-state index in [0.717, 1.165) is 60.0 Å². The number of ether oxygens (including phenoxy) is 6. The molecule has 6 heterocycles. The second-order valence-electron chi connectivity index (χ2n) is 11.4. The number of nitrogens with zero attached hydrogens (tertiary/aromatic N) is 5. The Bertz CT molecular complexity index is 1750. The third-order valence-electron chi connectivity index (χ3n) is 8.12. The maximum absolute atomic E-state index is 6.22. The normalized spacial score (nSPS) is 21.3. The monoisotopic (exact) mass is 595 g/mol. The van der Waals surface area contributed by atoms with Crippen LogP contribution in [0.3, 0.4) is 0 Å². The van der Waals surface area contributed by atoms with Crippen molar-refractivity contribution in [2.24, 2.45) is 0 Å². The second-order valence-corrected chi connectivity index (χ2v) is 11.4. The van der Waals surface area contributed by atoms with E-state index in [9.17, 15) is 0 Å². The second kappa shape index (κ2) is 11.1. The summed E-state index contributed by atoms with van der Waals surface area (Å²) in [6, 6.07) is 15.6. The molecular formula is C33H33N5O6. The summed E-state index contributed by atoms with van der Waals surface area (Å²) in [7, 11) is 0. The number of hydrogen-bond acceptors (Lipinski definition) is 11. The van der Waals surface area contributed by atoms with Gasteiger partial charge in [0, 0.05) is 37.3 Å². The van der Waals surface area contributed by atoms with Gasteiger partial charge in [0.25, 0.3) is 0 Å². The molecule has 2 aromatic heterocycles. The average Bonchev–Trinajstić information content (AvgIpc) is 3.06. The molecule has 0 bridgehead atoms. The van der Waals surface area contributed by atoms with Crippen molar-refractivity contribution in [2.45, 2.75) is 26.1 Å². The molecule has 44 heavy (non-hydrogen) atoms. The van der Waals surface area contributed by atoms with Crippen molar-refractivity contribution >= 4 is 28.6 Å². The summed E-state index contributed by atoms with van der Waals surface area (Å²) in [6.07, 6.45) is 1.79. The highest BCUT2D eigenvalue weighted by atomic mass is 16.6. The van der Waals surface area contributed by atoms with Crippen LogP contribution < -0.4 is 28.7 Å². The zero-order chi connectivity index (χ0) is 29.6. The molecule has 2 unspecified atom stereocenters. The van der Waals surface area contributed by atoms with Crippen molar-refractivity contribution in [3.63, 3.8) is 0 Å². The number of benzene rings is 2. The Morgan fingerprint density at radius 1 is 0.705 bits per heavy atom. The molecule has 11 heteroatoms. The molecule has 0 amide bonds. The van der Waals surface area contributed by atoms with Crippen molar-refractivity contribution < 1.29 is 28.4 Å². The van der Waals surface area contributed by atoms with Crippen LogP contribution >= 0.6 is 0 Å². The Morgan fingerprint density at radius 2 is 1.45 bits per heavy atom. The van der Waals surface area contributed by atoms with E-state index in [1.165, 1.54) is 0 Å². The molecule has 226 valence electrons. The Balaban J connectivity index is 1.11. The zero-order valence-corrected chi connectivity index (χ0v) is 24.7. The van der Waals surface area contributed by atoms with Gasteiger partial charge in [-0.3, -0.25) is 0 Å². The largest absolute Gasteiger partial charge is 0.486 e. The van der Waals surface area contributed by atoms with Gasteiger partial charge in [-0.15, -0.1) is 0 Å². The maximum Gasteiger partial charge on any atom is 0.229 e. The fourth-order valence-corrected chi connectivity index (χ4v) is 6.07. The van der Waals surface area contributed by atoms with Crippen LogP contribution in [0.2, 0.25) is 0 Å². The predicted octanol–water partition coefficient (Wildman–Crippen LogP) is 4.68. The van der Waals surface area contributed by atoms with Crippen LogP contribution in [-0.4, -0.2) is 79.8 Å². The minimum Gasteiger partial charge on any atom is -0.486 e. The number of anilines is 2. The first-order valence-corrected chi connectivity index (χ1v) is 15.1. The van der Waals surface area contributed by atoms with E-state index in [1.54, 1.807) is 6.26 Å². The molecule has 2 aromatic carbocycles. The summed E-state index contributed by atoms with van der Waals surface area (Å²) in [4.78, 5) is 19.5. The van der Waals surface area contributed by atoms with Crippen molar-refractivity contribution in [2.75, 3.05) is 62.4 Å². The summed E-state index contributed by atoms with van der Waals surface area (Å²) >= 11 is 0. The topological polar surface area (TPSA) is 101 Å². The molecule has 11 nitrogen and oxygen atoms in total. The lowest BCUT2D eigenvalue weighted by Gasteiger charge is -2.36. The van der Waals surface area contributed by atoms with Crippen molar-refractivity contribution in [1.29, 1.82) is 0 Å². The molecular weight excluding hydrogens is 562 g/mol. The number of morpholine rings is 2. The smallest absolute Gasteiger partial charge is 0.229 e. The molecule has 4 aromatic rings. The van der Waals surface area contributed by atoms with Gasteiger partial charge in [0.15, 0.2) is 34.4 Å². The van der Waals surface area contributed by atoms with Crippen molar-refractivity contribution in [3.8, 4) is 34.3 Å². The minimum atomic E-state index is 0.0889. The molecule has 0 saturated carbocycles. The fraction of sp³-hybridized carbons (Fsp3) is 0.364. The third-order valence-corrected chi connectivity index (χ3v) is 8.12. The Labute approximate surface area is 254 Å². The van der Waals surface area contributed by atoms with E-state index < -0.39 is 0 Å². The van der Waals surface area contributed by atoms with Crippen LogP contribution in [0.25, 0.3) is 28.0 Å². The summed E-state index contributed by atoms with van der Waals surface area (Å²) < 4.78 is 35.2. The highest BCUT2D eigenvalue weighted by Crippen LogP contribution is 2.40. The molecule has 0 radical (unpaired) electrons. The molecule has 0 aliphatic carbocycles. The van der Waals surface area contributed by atoms with Crippen molar-refractivity contribution in [1.82, 2.24) is 15.0 Å². The quantitative estimate of drug-likeness (QED) is 0.329. The lowest BCUT2D eigenvalue weighted by Crippen LogP contribution is -2.46. The van der Waals surface area contributed by atoms with Gasteiger partial charge >= 0.3 is 0 Å². The van der Waals surface area contributed by atoms with E-state index in [-0.39, 0.29) is 12.2 Å². The standard InChI is InChI=1S/C33H33N5O6/c1-20-17-38(18-21(2)43-20)33-35-31-24(32(36-33)37-9-11-39-12-10-37)5-6-25(34-31)22-3-8-27-29(15-22)42-19-30(44-27)23-4-7-26-28(16-23)41-14-13-40-26/h3-8,15-16,19-21H,9-14,17-18H2,1-2H3. The highest BCUT2D eigenvalue weighted by molar-refractivity contribution is 5.90. The molecule has 2 atom stereocenters. The molecule has 2 saturated heterocycles. The van der Waals surface area contributed by atoms with E-state index in [0.29, 0.717) is 61.0 Å². The molecule has 4 aliphatic rings. The van der Waals surface area contributed by atoms with Crippen LogP contribution in [-0.2, 0) is 9.47 Å². The van der Waals surface area contributed by atoms with Crippen LogP contribution in [0.5, 0.6) is 23.0 Å². The molecule has 0 N–H and O–H groups in total. The summed E-state index contributed by atoms with van der Waals surface area (Å²) in [6.45, 7) is 9.56. The zero-order valence-electron chi connectivity index (χ0n) is 24.7. The van der Waals surface area contributed by atoms with Crippen LogP contribution in [0.4, 0.5) is 11.8 Å². The Kier molecular flexibility index (Phi) is 6.83. The van der Waals surface area contributed by atoms with E-state index >= 15 is 0 Å². The van der Waals surface area contributed by atoms with Crippen LogP contribution in [0.1, 0.15) is 19.4 Å². The third kappa shape index (κ3) is 5.11. The lowest BCUT2D eigenvalue weighted by molar-refractivity contribution is -0.00570. The van der Waals surface area contributed by atoms with Gasteiger partial charge in [-0.25, -0.2) is 4.98 Å². The van der Waals surface area contributed by atoms with Crippen molar-refractivity contribution in [3.05, 3.63) is 60.4 Å². The van der Waals surface area contributed by atoms with E-state index in [2.05, 4.69) is 29.7 Å². The number of hydrogen-bond donors (Lipinski definition) is 0. The SMILES string of the molecule is CC1CN(c2nc(N3CCOCC3)c3ccc(-c4ccc5c(c4)OC=C(c4ccc6c(c4)OCCO6)O5)nc3n2)CC(C)O1. The maximum atomic E-state index is 6.22. The average molecular weight is 596 g/mol. The first-order valence-electron chi connectivity index (χ1n) is 15.1. The van der Waals surface area contributed by atoms with Crippen LogP contribution in [0, 0.1) is 0 Å². The molecule has 2 fully saturated rings. The van der Waals surface area contributed by atoms with Gasteiger partial charge in [-0.05, 0) is 62.4 Å². The first-order chi connectivity index (χ1) is 21.6. The van der Waals surface area contributed by atoms with Crippen LogP contribution in [0.15, 0.2) is 54.8 Å². The van der Waals surface area contributed by atoms with E-state index in [4.69, 9.17) is 43.4 Å². The number of aromatic nitrogens is 3. The van der Waals surface area contributed by atoms with Gasteiger partial charge < -0.3 is 38.2 Å². The van der Waals surface area contributed by atoms with Gasteiger partial charge in [0.05, 0.1) is 36.5 Å².